The zero-order chi connectivity index (χ0) is 10.4. The summed E-state index contributed by atoms with van der Waals surface area (Å²) in [6.07, 6.45) is 5.17. The maximum absolute atomic E-state index is 11.5. The summed E-state index contributed by atoms with van der Waals surface area (Å²) in [6.45, 7) is 1.99. The third kappa shape index (κ3) is 3.66. The van der Waals surface area contributed by atoms with Crippen LogP contribution < -0.4 is 5.73 Å². The highest BCUT2D eigenvalue weighted by Crippen LogP contribution is 2.02. The minimum atomic E-state index is -0.000767. The van der Waals surface area contributed by atoms with Gasteiger partial charge in [-0.05, 0) is 18.1 Å². The molecule has 14 heavy (non-hydrogen) atoms. The monoisotopic (exact) mass is 192 g/mol. The lowest BCUT2D eigenvalue weighted by atomic mass is 10.0. The molecule has 1 atom stereocenters. The lowest BCUT2D eigenvalue weighted by molar-refractivity contribution is -0.118. The summed E-state index contributed by atoms with van der Waals surface area (Å²) in [5.41, 5.74) is 6.65. The molecule has 0 aromatic carbocycles. The number of ketones is 1. The molecule has 3 heteroatoms. The molecule has 1 aromatic rings. The number of nitrogens with zero attached hydrogens (tertiary/aromatic N) is 1. The summed E-state index contributed by atoms with van der Waals surface area (Å²) in [5, 5.41) is 0. The number of carbonyl (C=O) groups excluding carboxylic acids is 1. The molecule has 0 saturated heterocycles. The second-order valence-electron chi connectivity index (χ2n) is 3.45. The quantitative estimate of drug-likeness (QED) is 0.765. The van der Waals surface area contributed by atoms with E-state index in [1.54, 1.807) is 12.4 Å². The molecule has 0 bridgehead atoms. The van der Waals surface area contributed by atoms with E-state index < -0.39 is 0 Å². The summed E-state index contributed by atoms with van der Waals surface area (Å²) in [6, 6.07) is 3.74. The molecule has 2 N–H and O–H groups in total. The first-order valence-electron chi connectivity index (χ1n) is 4.88. The van der Waals surface area contributed by atoms with Crippen LogP contribution >= 0.6 is 0 Å². The first-order valence-corrected chi connectivity index (χ1v) is 4.88. The number of pyridine rings is 1. The van der Waals surface area contributed by atoms with Crippen molar-refractivity contribution in [3.63, 3.8) is 0 Å². The van der Waals surface area contributed by atoms with Gasteiger partial charge in [0.1, 0.15) is 5.78 Å². The molecule has 0 fully saturated rings. The zero-order valence-corrected chi connectivity index (χ0v) is 8.44. The highest BCUT2D eigenvalue weighted by atomic mass is 16.1. The van der Waals surface area contributed by atoms with E-state index in [1.165, 1.54) is 0 Å². The first-order chi connectivity index (χ1) is 6.72. The van der Waals surface area contributed by atoms with Crippen molar-refractivity contribution in [2.75, 3.05) is 0 Å². The molecule has 0 saturated carbocycles. The van der Waals surface area contributed by atoms with Gasteiger partial charge in [-0.2, -0.15) is 0 Å². The lowest BCUT2D eigenvalue weighted by Gasteiger charge is -2.06. The Kier molecular flexibility index (Phi) is 4.26. The standard InChI is InChI=1S/C11H16N2O/c1-2-10(12)7-11(14)6-9-4-3-5-13-8-9/h3-5,8,10H,2,6-7,12H2,1H3. The molecule has 0 amide bonds. The molecule has 1 aromatic heterocycles. The van der Waals surface area contributed by atoms with Gasteiger partial charge in [-0.25, -0.2) is 0 Å². The Morgan fingerprint density at radius 2 is 2.43 bits per heavy atom. The van der Waals surface area contributed by atoms with Crippen molar-refractivity contribution in [1.29, 1.82) is 0 Å². The van der Waals surface area contributed by atoms with E-state index in [0.29, 0.717) is 12.8 Å². The van der Waals surface area contributed by atoms with Gasteiger partial charge in [-0.15, -0.1) is 0 Å². The third-order valence-corrected chi connectivity index (χ3v) is 2.14. The molecule has 3 nitrogen and oxygen atoms in total. The molecule has 0 aliphatic carbocycles. The van der Waals surface area contributed by atoms with Crippen LogP contribution in [0.15, 0.2) is 24.5 Å². The molecule has 0 aliphatic rings. The summed E-state index contributed by atoms with van der Waals surface area (Å²) in [7, 11) is 0. The van der Waals surface area contributed by atoms with Gasteiger partial charge in [-0.3, -0.25) is 9.78 Å². The fraction of sp³-hybridized carbons (Fsp3) is 0.455. The fourth-order valence-electron chi connectivity index (χ4n) is 1.24. The van der Waals surface area contributed by atoms with Crippen molar-refractivity contribution in [2.24, 2.45) is 5.73 Å². The van der Waals surface area contributed by atoms with Crippen molar-refractivity contribution in [3.05, 3.63) is 30.1 Å². The Labute approximate surface area is 84.3 Å². The maximum atomic E-state index is 11.5. The van der Waals surface area contributed by atoms with Gasteiger partial charge in [0.15, 0.2) is 0 Å². The third-order valence-electron chi connectivity index (χ3n) is 2.14. The predicted octanol–water partition coefficient (Wildman–Crippen LogP) is 1.32. The SMILES string of the molecule is CCC(N)CC(=O)Cc1cccnc1. The largest absolute Gasteiger partial charge is 0.327 e. The van der Waals surface area contributed by atoms with Crippen molar-refractivity contribution < 1.29 is 4.79 Å². The van der Waals surface area contributed by atoms with Crippen molar-refractivity contribution in [1.82, 2.24) is 4.98 Å². The summed E-state index contributed by atoms with van der Waals surface area (Å²) < 4.78 is 0. The van der Waals surface area contributed by atoms with Gasteiger partial charge in [0.25, 0.3) is 0 Å². The van der Waals surface area contributed by atoms with Crippen LogP contribution in [0.4, 0.5) is 0 Å². The molecule has 76 valence electrons. The number of nitrogens with two attached hydrogens (primary N) is 1. The average Bonchev–Trinajstić information content (AvgIpc) is 2.19. The second-order valence-corrected chi connectivity index (χ2v) is 3.45. The van der Waals surface area contributed by atoms with Crippen LogP contribution in [0.25, 0.3) is 0 Å². The van der Waals surface area contributed by atoms with Crippen LogP contribution in [-0.4, -0.2) is 16.8 Å². The molecule has 1 rings (SSSR count). The summed E-state index contributed by atoms with van der Waals surface area (Å²) in [4.78, 5) is 15.4. The first kappa shape index (κ1) is 10.9. The van der Waals surface area contributed by atoms with Crippen LogP contribution in [0.3, 0.4) is 0 Å². The van der Waals surface area contributed by atoms with E-state index in [1.807, 2.05) is 19.1 Å². The molecule has 0 spiro atoms. The molecule has 1 unspecified atom stereocenters. The van der Waals surface area contributed by atoms with Gasteiger partial charge in [-0.1, -0.05) is 13.0 Å². The Morgan fingerprint density at radius 3 is 3.00 bits per heavy atom. The molecule has 0 radical (unpaired) electrons. The molecule has 0 aliphatic heterocycles. The lowest BCUT2D eigenvalue weighted by Crippen LogP contribution is -2.23. The zero-order valence-electron chi connectivity index (χ0n) is 8.44. The van der Waals surface area contributed by atoms with E-state index in [9.17, 15) is 4.79 Å². The number of carbonyl (C=O) groups is 1. The summed E-state index contributed by atoms with van der Waals surface area (Å²) >= 11 is 0. The van der Waals surface area contributed by atoms with E-state index in [4.69, 9.17) is 5.73 Å². The van der Waals surface area contributed by atoms with Gasteiger partial charge in [0.05, 0.1) is 0 Å². The van der Waals surface area contributed by atoms with Crippen LogP contribution in [0.5, 0.6) is 0 Å². The highest BCUT2D eigenvalue weighted by Gasteiger charge is 2.08. The fourth-order valence-corrected chi connectivity index (χ4v) is 1.24. The van der Waals surface area contributed by atoms with Crippen LogP contribution in [0, 0.1) is 0 Å². The number of hydrogen-bond acceptors (Lipinski definition) is 3. The van der Waals surface area contributed by atoms with E-state index >= 15 is 0 Å². The van der Waals surface area contributed by atoms with Gasteiger partial charge < -0.3 is 5.73 Å². The Morgan fingerprint density at radius 1 is 1.64 bits per heavy atom. The van der Waals surface area contributed by atoms with Crippen LogP contribution in [-0.2, 0) is 11.2 Å². The number of hydrogen-bond donors (Lipinski definition) is 1. The molecular weight excluding hydrogens is 176 g/mol. The Bertz CT molecular complexity index is 285. The van der Waals surface area contributed by atoms with Gasteiger partial charge >= 0.3 is 0 Å². The van der Waals surface area contributed by atoms with Crippen molar-refractivity contribution >= 4 is 5.78 Å². The topological polar surface area (TPSA) is 56.0 Å². The minimum absolute atomic E-state index is 0.000767. The van der Waals surface area contributed by atoms with Crippen molar-refractivity contribution in [3.8, 4) is 0 Å². The smallest absolute Gasteiger partial charge is 0.138 e. The van der Waals surface area contributed by atoms with E-state index in [-0.39, 0.29) is 11.8 Å². The normalized spacial score (nSPS) is 12.4. The molecular formula is C11H16N2O. The second kappa shape index (κ2) is 5.50. The predicted molar refractivity (Wildman–Crippen MR) is 55.8 cm³/mol. The summed E-state index contributed by atoms with van der Waals surface area (Å²) in [5.74, 6) is 0.187. The number of aromatic nitrogens is 1. The van der Waals surface area contributed by atoms with Gasteiger partial charge in [0.2, 0.25) is 0 Å². The Balaban J connectivity index is 2.42. The van der Waals surface area contributed by atoms with Crippen LogP contribution in [0.1, 0.15) is 25.3 Å². The molecule has 1 heterocycles. The highest BCUT2D eigenvalue weighted by molar-refractivity contribution is 5.81. The van der Waals surface area contributed by atoms with E-state index in [2.05, 4.69) is 4.98 Å². The number of Topliss-reactive ketones (excluding diaryl/α,β-unsaturated/α-hetero) is 1. The van der Waals surface area contributed by atoms with Gasteiger partial charge in [0, 0.05) is 31.3 Å². The average molecular weight is 192 g/mol. The van der Waals surface area contributed by atoms with Crippen LogP contribution in [0.2, 0.25) is 0 Å². The maximum Gasteiger partial charge on any atom is 0.138 e. The minimum Gasteiger partial charge on any atom is -0.327 e. The van der Waals surface area contributed by atoms with Crippen molar-refractivity contribution in [2.45, 2.75) is 32.2 Å². The Hall–Kier alpha value is -1.22. The number of rotatable bonds is 5. The van der Waals surface area contributed by atoms with E-state index in [0.717, 1.165) is 12.0 Å².